The summed E-state index contributed by atoms with van der Waals surface area (Å²) in [5.74, 6) is 0.841. The van der Waals surface area contributed by atoms with E-state index in [0.29, 0.717) is 28.2 Å². The summed E-state index contributed by atoms with van der Waals surface area (Å²) in [6.07, 6.45) is 1.64. The van der Waals surface area contributed by atoms with Crippen LogP contribution in [0.2, 0.25) is 0 Å². The maximum absolute atomic E-state index is 11.7. The van der Waals surface area contributed by atoms with Crippen LogP contribution in [0.1, 0.15) is 31.9 Å². The standard InChI is InChI=1S/C41H29N4O2.Pt/c1-41(2,3)33-16-9-15-30(38(33)46)40-44-37-29(14-10-17-35(37)45(40)27-11-5-4-6-12-27)32-23-26(34-21-25(24-42)19-20-43-34)22-31-28-13-7-8-18-36(28)47-39(31)32;/h4-22,46H,1-3H3;/q-1;. The zero-order chi connectivity index (χ0) is 32.3. The summed E-state index contributed by atoms with van der Waals surface area (Å²) in [6, 6.07) is 41.3. The van der Waals surface area contributed by atoms with E-state index < -0.39 is 0 Å². The Kier molecular flexibility index (Phi) is 7.74. The molecular weight excluding hydrogens is 776 g/mol. The molecule has 0 amide bonds. The number of nitrogens with zero attached hydrogens (tertiary/aromatic N) is 4. The fourth-order valence-electron chi connectivity index (χ4n) is 6.39. The Morgan fingerprint density at radius 2 is 1.58 bits per heavy atom. The number of phenols is 1. The number of hydrogen-bond acceptors (Lipinski definition) is 5. The molecule has 0 unspecified atom stereocenters. The summed E-state index contributed by atoms with van der Waals surface area (Å²) in [4.78, 5) is 9.89. The molecule has 3 heterocycles. The van der Waals surface area contributed by atoms with Crippen molar-refractivity contribution in [2.24, 2.45) is 0 Å². The number of para-hydroxylation sites is 4. The quantitative estimate of drug-likeness (QED) is 0.179. The predicted octanol–water partition coefficient (Wildman–Crippen LogP) is 9.99. The summed E-state index contributed by atoms with van der Waals surface area (Å²) < 4.78 is 8.62. The van der Waals surface area contributed by atoms with E-state index in [1.165, 1.54) is 0 Å². The van der Waals surface area contributed by atoms with Crippen molar-refractivity contribution in [2.45, 2.75) is 26.2 Å². The SMILES string of the molecule is CC(C)(C)c1cccc(-c2nc3c(-c4[c-]c(-c5cc(C#N)ccn5)cc5c4oc4ccccc45)cccc3n2-c2ccccc2)c1O.[Pt]. The van der Waals surface area contributed by atoms with Gasteiger partial charge in [-0.15, -0.1) is 12.1 Å². The van der Waals surface area contributed by atoms with Gasteiger partial charge in [-0.3, -0.25) is 9.55 Å². The molecule has 0 saturated carbocycles. The van der Waals surface area contributed by atoms with Gasteiger partial charge in [-0.05, 0) is 52.8 Å². The van der Waals surface area contributed by atoms with Crippen LogP contribution in [0.5, 0.6) is 5.75 Å². The Balaban J connectivity index is 0.00000364. The Morgan fingerprint density at radius 3 is 2.38 bits per heavy atom. The molecule has 0 saturated heterocycles. The normalized spacial score (nSPS) is 11.5. The van der Waals surface area contributed by atoms with Crippen LogP contribution in [0, 0.1) is 17.4 Å². The fourth-order valence-corrected chi connectivity index (χ4v) is 6.39. The zero-order valence-electron chi connectivity index (χ0n) is 26.4. The van der Waals surface area contributed by atoms with Crippen molar-refractivity contribution in [3.8, 4) is 51.3 Å². The van der Waals surface area contributed by atoms with Crippen molar-refractivity contribution in [1.82, 2.24) is 14.5 Å². The first-order chi connectivity index (χ1) is 22.8. The van der Waals surface area contributed by atoms with E-state index in [2.05, 4.69) is 42.5 Å². The number of aromatic hydroxyl groups is 1. The third-order valence-corrected chi connectivity index (χ3v) is 8.63. The van der Waals surface area contributed by atoms with Crippen LogP contribution in [0.25, 0.3) is 72.4 Å². The molecule has 5 aromatic carbocycles. The maximum Gasteiger partial charge on any atom is 0.148 e. The first kappa shape index (κ1) is 31.1. The minimum absolute atomic E-state index is 0. The number of imidazole rings is 1. The molecule has 0 bridgehead atoms. The molecule has 0 fully saturated rings. The largest absolute Gasteiger partial charge is 0.507 e. The second-order valence-electron chi connectivity index (χ2n) is 12.7. The zero-order valence-corrected chi connectivity index (χ0v) is 28.7. The number of phenolic OH excluding ortho intramolecular Hbond substituents is 1. The van der Waals surface area contributed by atoms with Gasteiger partial charge in [-0.1, -0.05) is 104 Å². The van der Waals surface area contributed by atoms with Crippen LogP contribution in [0.15, 0.2) is 120 Å². The van der Waals surface area contributed by atoms with Crippen LogP contribution in [-0.4, -0.2) is 19.6 Å². The van der Waals surface area contributed by atoms with Crippen LogP contribution in [0.3, 0.4) is 0 Å². The van der Waals surface area contributed by atoms with Gasteiger partial charge >= 0.3 is 0 Å². The molecule has 8 aromatic rings. The van der Waals surface area contributed by atoms with E-state index >= 15 is 0 Å². The third-order valence-electron chi connectivity index (χ3n) is 8.63. The van der Waals surface area contributed by atoms with Crippen molar-refractivity contribution in [3.05, 3.63) is 133 Å². The van der Waals surface area contributed by atoms with Gasteiger partial charge in [-0.25, -0.2) is 4.98 Å². The topological polar surface area (TPSA) is 87.9 Å². The van der Waals surface area contributed by atoms with Gasteiger partial charge < -0.3 is 9.52 Å². The van der Waals surface area contributed by atoms with E-state index in [9.17, 15) is 10.4 Å². The molecule has 3 aromatic heterocycles. The molecule has 7 heteroatoms. The average Bonchev–Trinajstić information content (AvgIpc) is 3.67. The van der Waals surface area contributed by atoms with Gasteiger partial charge in [0.2, 0.25) is 0 Å². The molecule has 0 aliphatic heterocycles. The van der Waals surface area contributed by atoms with Crippen LogP contribution < -0.4 is 0 Å². The van der Waals surface area contributed by atoms with Crippen molar-refractivity contribution < 1.29 is 30.6 Å². The van der Waals surface area contributed by atoms with Crippen LogP contribution >= 0.6 is 0 Å². The molecule has 1 N–H and O–H groups in total. The number of benzene rings is 5. The molecular formula is C41H29N4O2Pt-. The smallest absolute Gasteiger partial charge is 0.148 e. The van der Waals surface area contributed by atoms with Crippen molar-refractivity contribution in [1.29, 1.82) is 5.26 Å². The van der Waals surface area contributed by atoms with Crippen LogP contribution in [0.4, 0.5) is 0 Å². The van der Waals surface area contributed by atoms with E-state index in [-0.39, 0.29) is 32.2 Å². The Hall–Kier alpha value is -5.50. The van der Waals surface area contributed by atoms with Gasteiger partial charge in [0.1, 0.15) is 17.2 Å². The number of aromatic nitrogens is 3. The second-order valence-corrected chi connectivity index (χ2v) is 12.7. The Labute approximate surface area is 292 Å². The summed E-state index contributed by atoms with van der Waals surface area (Å²) >= 11 is 0. The monoisotopic (exact) mass is 804 g/mol. The second kappa shape index (κ2) is 11.9. The number of pyridine rings is 1. The number of nitriles is 1. The van der Waals surface area contributed by atoms with Crippen molar-refractivity contribution in [2.75, 3.05) is 0 Å². The van der Waals surface area contributed by atoms with Crippen molar-refractivity contribution in [3.63, 3.8) is 0 Å². The minimum Gasteiger partial charge on any atom is -0.507 e. The molecule has 48 heavy (non-hydrogen) atoms. The average molecular weight is 805 g/mol. The summed E-state index contributed by atoms with van der Waals surface area (Å²) in [7, 11) is 0. The first-order valence-electron chi connectivity index (χ1n) is 15.5. The number of hydrogen-bond donors (Lipinski definition) is 1. The third kappa shape index (κ3) is 5.08. The van der Waals surface area contributed by atoms with Gasteiger partial charge in [0.25, 0.3) is 0 Å². The molecule has 236 valence electrons. The van der Waals surface area contributed by atoms with Gasteiger partial charge in [-0.2, -0.15) is 5.26 Å². The maximum atomic E-state index is 11.7. The summed E-state index contributed by atoms with van der Waals surface area (Å²) in [5.41, 5.74) is 8.67. The number of rotatable bonds is 4. The van der Waals surface area contributed by atoms with E-state index in [1.807, 2.05) is 97.1 Å². The van der Waals surface area contributed by atoms with Gasteiger partial charge in [0, 0.05) is 49.6 Å². The number of furan rings is 1. The van der Waals surface area contributed by atoms with Gasteiger partial charge in [0.15, 0.2) is 0 Å². The Morgan fingerprint density at radius 1 is 0.833 bits per heavy atom. The van der Waals surface area contributed by atoms with E-state index in [1.54, 1.807) is 18.3 Å². The predicted molar refractivity (Wildman–Crippen MR) is 186 cm³/mol. The van der Waals surface area contributed by atoms with Crippen molar-refractivity contribution >= 4 is 33.0 Å². The Bertz CT molecular complexity index is 2540. The molecule has 6 nitrogen and oxygen atoms in total. The molecule has 0 aliphatic rings. The summed E-state index contributed by atoms with van der Waals surface area (Å²) in [5, 5.41) is 23.2. The van der Waals surface area contributed by atoms with E-state index in [0.717, 1.165) is 55.3 Å². The molecule has 0 radical (unpaired) electrons. The fraction of sp³-hybridized carbons (Fsp3) is 0.0976. The van der Waals surface area contributed by atoms with Gasteiger partial charge in [0.05, 0.1) is 28.2 Å². The first-order valence-corrected chi connectivity index (χ1v) is 15.5. The molecule has 0 aliphatic carbocycles. The van der Waals surface area contributed by atoms with Crippen LogP contribution in [-0.2, 0) is 26.5 Å². The summed E-state index contributed by atoms with van der Waals surface area (Å²) in [6.45, 7) is 6.27. The minimum atomic E-state index is -0.270. The molecule has 8 rings (SSSR count). The van der Waals surface area contributed by atoms with E-state index in [4.69, 9.17) is 9.40 Å². The molecule has 0 spiro atoms. The number of fused-ring (bicyclic) bond motifs is 4. The molecule has 0 atom stereocenters.